The Morgan fingerprint density at radius 1 is 1.27 bits per heavy atom. The summed E-state index contributed by atoms with van der Waals surface area (Å²) in [5.41, 5.74) is 1.59. The molecule has 2 heterocycles. The normalized spacial score (nSPS) is 31.3. The maximum absolute atomic E-state index is 3.52. The lowest BCUT2D eigenvalue weighted by atomic mass is 10.00. The van der Waals surface area contributed by atoms with Gasteiger partial charge in [0.25, 0.3) is 0 Å². The minimum absolute atomic E-state index is 0.697. The van der Waals surface area contributed by atoms with Gasteiger partial charge >= 0.3 is 0 Å². The van der Waals surface area contributed by atoms with Gasteiger partial charge in [-0.1, -0.05) is 0 Å². The quantitative estimate of drug-likeness (QED) is 0.586. The molecule has 0 radical (unpaired) electrons. The molecule has 62 valence electrons. The van der Waals surface area contributed by atoms with E-state index in [0.717, 1.165) is 6.54 Å². The first-order valence-corrected chi connectivity index (χ1v) is 4.62. The Balaban J connectivity index is 1.96. The van der Waals surface area contributed by atoms with Gasteiger partial charge in [0, 0.05) is 12.6 Å². The van der Waals surface area contributed by atoms with Gasteiger partial charge < -0.3 is 10.6 Å². The molecule has 0 aliphatic carbocycles. The molecule has 0 spiro atoms. The summed E-state index contributed by atoms with van der Waals surface area (Å²) in [6.07, 6.45) is 7.51. The lowest BCUT2D eigenvalue weighted by Crippen LogP contribution is -2.28. The van der Waals surface area contributed by atoms with Crippen molar-refractivity contribution in [1.29, 1.82) is 0 Å². The molecule has 1 unspecified atom stereocenters. The number of hydrogen-bond donors (Lipinski definition) is 2. The highest BCUT2D eigenvalue weighted by Crippen LogP contribution is 2.19. The lowest BCUT2D eigenvalue weighted by molar-refractivity contribution is 0.598. The molecule has 1 saturated heterocycles. The molecule has 0 amide bonds. The van der Waals surface area contributed by atoms with Crippen LogP contribution in [-0.4, -0.2) is 19.1 Å². The Hall–Kier alpha value is -0.500. The van der Waals surface area contributed by atoms with Gasteiger partial charge in [-0.05, 0) is 44.0 Å². The van der Waals surface area contributed by atoms with E-state index < -0.39 is 0 Å². The van der Waals surface area contributed by atoms with Crippen molar-refractivity contribution in [2.45, 2.75) is 31.7 Å². The highest BCUT2D eigenvalue weighted by atomic mass is 14.9. The van der Waals surface area contributed by atoms with Crippen LogP contribution >= 0.6 is 0 Å². The Morgan fingerprint density at radius 2 is 2.27 bits per heavy atom. The van der Waals surface area contributed by atoms with Crippen molar-refractivity contribution >= 4 is 0 Å². The molecule has 0 bridgehead atoms. The molecule has 0 aromatic rings. The molecule has 2 aliphatic heterocycles. The summed E-state index contributed by atoms with van der Waals surface area (Å²) < 4.78 is 0. The first-order valence-electron chi connectivity index (χ1n) is 4.62. The van der Waals surface area contributed by atoms with Gasteiger partial charge in [0.1, 0.15) is 0 Å². The molecule has 0 saturated carbocycles. The average molecular weight is 152 g/mol. The van der Waals surface area contributed by atoms with E-state index in [0.29, 0.717) is 6.04 Å². The maximum Gasteiger partial charge on any atom is 0.0297 e. The Kier molecular flexibility index (Phi) is 2.13. The third-order valence-corrected chi connectivity index (χ3v) is 2.58. The molecule has 11 heavy (non-hydrogen) atoms. The van der Waals surface area contributed by atoms with Crippen molar-refractivity contribution in [1.82, 2.24) is 10.6 Å². The molecule has 0 aromatic carbocycles. The Bertz CT molecular complexity index is 157. The second-order valence-electron chi connectivity index (χ2n) is 3.43. The van der Waals surface area contributed by atoms with E-state index in [4.69, 9.17) is 0 Å². The van der Waals surface area contributed by atoms with Gasteiger partial charge in [0.05, 0.1) is 0 Å². The third kappa shape index (κ3) is 1.56. The van der Waals surface area contributed by atoms with E-state index in [-0.39, 0.29) is 0 Å². The fraction of sp³-hybridized carbons (Fsp3) is 0.778. The number of hydrogen-bond acceptors (Lipinski definition) is 2. The van der Waals surface area contributed by atoms with Crippen molar-refractivity contribution in [3.05, 3.63) is 11.8 Å². The van der Waals surface area contributed by atoms with E-state index in [1.54, 1.807) is 5.57 Å². The zero-order valence-electron chi connectivity index (χ0n) is 6.90. The standard InChI is InChI=1S/C9H16N2/c1-3-8(7-10-5-1)9-4-2-6-11-9/h7,9-11H,1-6H2. The number of nitrogens with one attached hydrogen (secondary N) is 2. The fourth-order valence-electron chi connectivity index (χ4n) is 1.95. The summed E-state index contributed by atoms with van der Waals surface area (Å²) in [4.78, 5) is 0. The first kappa shape index (κ1) is 7.17. The monoisotopic (exact) mass is 152 g/mol. The van der Waals surface area contributed by atoms with Crippen LogP contribution in [0.25, 0.3) is 0 Å². The van der Waals surface area contributed by atoms with E-state index in [1.807, 2.05) is 0 Å². The van der Waals surface area contributed by atoms with Gasteiger partial charge in [-0.15, -0.1) is 0 Å². The molecular weight excluding hydrogens is 136 g/mol. The summed E-state index contributed by atoms with van der Waals surface area (Å²) in [6.45, 7) is 2.37. The lowest BCUT2D eigenvalue weighted by Gasteiger charge is -2.19. The second kappa shape index (κ2) is 3.26. The van der Waals surface area contributed by atoms with E-state index in [2.05, 4.69) is 16.8 Å². The zero-order chi connectivity index (χ0) is 7.52. The van der Waals surface area contributed by atoms with E-state index in [1.165, 1.54) is 32.2 Å². The second-order valence-corrected chi connectivity index (χ2v) is 3.43. The minimum atomic E-state index is 0.697. The molecule has 1 fully saturated rings. The molecule has 2 N–H and O–H groups in total. The van der Waals surface area contributed by atoms with Crippen LogP contribution in [0, 0.1) is 0 Å². The maximum atomic E-state index is 3.52. The summed E-state index contributed by atoms with van der Waals surface area (Å²) in [5, 5.41) is 6.83. The van der Waals surface area contributed by atoms with E-state index in [9.17, 15) is 0 Å². The summed E-state index contributed by atoms with van der Waals surface area (Å²) in [6, 6.07) is 0.697. The first-order chi connectivity index (χ1) is 5.47. The SMILES string of the molecule is C1=C(C2CCCN2)CCCN1. The van der Waals surface area contributed by atoms with Crippen LogP contribution in [-0.2, 0) is 0 Å². The van der Waals surface area contributed by atoms with Crippen LogP contribution in [0.4, 0.5) is 0 Å². The molecular formula is C9H16N2. The molecule has 0 aromatic heterocycles. The Labute approximate surface area is 68.1 Å². The Morgan fingerprint density at radius 3 is 2.91 bits per heavy atom. The van der Waals surface area contributed by atoms with E-state index >= 15 is 0 Å². The predicted molar refractivity (Wildman–Crippen MR) is 46.3 cm³/mol. The van der Waals surface area contributed by atoms with Crippen LogP contribution in [0.3, 0.4) is 0 Å². The van der Waals surface area contributed by atoms with Crippen molar-refractivity contribution in [2.24, 2.45) is 0 Å². The van der Waals surface area contributed by atoms with Crippen LogP contribution in [0.1, 0.15) is 25.7 Å². The van der Waals surface area contributed by atoms with Crippen LogP contribution in [0.15, 0.2) is 11.8 Å². The van der Waals surface area contributed by atoms with Crippen molar-refractivity contribution in [2.75, 3.05) is 13.1 Å². The molecule has 2 rings (SSSR count). The van der Waals surface area contributed by atoms with Crippen molar-refractivity contribution in [3.8, 4) is 0 Å². The van der Waals surface area contributed by atoms with Gasteiger partial charge in [0.15, 0.2) is 0 Å². The van der Waals surface area contributed by atoms with Crippen LogP contribution < -0.4 is 10.6 Å². The van der Waals surface area contributed by atoms with Gasteiger partial charge in [-0.25, -0.2) is 0 Å². The third-order valence-electron chi connectivity index (χ3n) is 2.58. The summed E-state index contributed by atoms with van der Waals surface area (Å²) in [5.74, 6) is 0. The summed E-state index contributed by atoms with van der Waals surface area (Å²) in [7, 11) is 0. The molecule has 2 aliphatic rings. The highest BCUT2D eigenvalue weighted by molar-refractivity contribution is 5.13. The van der Waals surface area contributed by atoms with Crippen LogP contribution in [0.2, 0.25) is 0 Å². The predicted octanol–water partition coefficient (Wildman–Crippen LogP) is 1.01. The van der Waals surface area contributed by atoms with Gasteiger partial charge in [0.2, 0.25) is 0 Å². The molecule has 2 nitrogen and oxygen atoms in total. The smallest absolute Gasteiger partial charge is 0.0297 e. The molecule has 1 atom stereocenters. The topological polar surface area (TPSA) is 24.1 Å². The fourth-order valence-corrected chi connectivity index (χ4v) is 1.95. The van der Waals surface area contributed by atoms with Gasteiger partial charge in [-0.3, -0.25) is 0 Å². The highest BCUT2D eigenvalue weighted by Gasteiger charge is 2.18. The van der Waals surface area contributed by atoms with Gasteiger partial charge in [-0.2, -0.15) is 0 Å². The molecule has 2 heteroatoms. The van der Waals surface area contributed by atoms with Crippen molar-refractivity contribution in [3.63, 3.8) is 0 Å². The average Bonchev–Trinajstić information content (AvgIpc) is 2.58. The number of rotatable bonds is 1. The summed E-state index contributed by atoms with van der Waals surface area (Å²) >= 11 is 0. The van der Waals surface area contributed by atoms with Crippen molar-refractivity contribution < 1.29 is 0 Å². The largest absolute Gasteiger partial charge is 0.391 e. The van der Waals surface area contributed by atoms with Crippen LogP contribution in [0.5, 0.6) is 0 Å². The zero-order valence-corrected chi connectivity index (χ0v) is 6.90. The minimum Gasteiger partial charge on any atom is -0.391 e.